The number of likely N-dealkylation sites (tertiary alicyclic amines) is 1. The minimum absolute atomic E-state index is 0.426. The quantitative estimate of drug-likeness (QED) is 0.109. The summed E-state index contributed by atoms with van der Waals surface area (Å²) < 4.78 is 6.08. The third kappa shape index (κ3) is 10.8. The van der Waals surface area contributed by atoms with E-state index >= 15 is 0 Å². The monoisotopic (exact) mass is 1260 g/mol. The second-order valence-electron chi connectivity index (χ2n) is 26.0. The Kier molecular flexibility index (Phi) is 14.9. The van der Waals surface area contributed by atoms with Gasteiger partial charge in [-0.1, -0.05) is 128 Å². The number of imidazole rings is 2. The fourth-order valence-electron chi connectivity index (χ4n) is 14.1. The lowest BCUT2D eigenvalue weighted by molar-refractivity contribution is 0.0921. The van der Waals surface area contributed by atoms with Crippen molar-refractivity contribution in [2.45, 2.75) is 82.6 Å². The summed E-state index contributed by atoms with van der Waals surface area (Å²) in [5, 5.41) is 13.2. The molecule has 19 rings (SSSR count). The fourth-order valence-corrected chi connectivity index (χ4v) is 14.1. The van der Waals surface area contributed by atoms with Gasteiger partial charge in [-0.15, -0.1) is 0 Å². The number of pyridine rings is 4. The molecular formula is C77H69N19. The Bertz CT molecular complexity index is 5420. The van der Waals surface area contributed by atoms with E-state index in [1.54, 1.807) is 12.5 Å². The Morgan fingerprint density at radius 3 is 1.61 bits per heavy atom. The Labute approximate surface area is 553 Å². The van der Waals surface area contributed by atoms with E-state index in [1.165, 1.54) is 70.0 Å². The predicted octanol–water partition coefficient (Wildman–Crippen LogP) is 15.0. The zero-order valence-corrected chi connectivity index (χ0v) is 53.2. The standard InChI is InChI=1S/C29H28N6.C25H22N6.C23H19N7/c30-28-27-24(17-35(29(27)32-18-31-28)23-13-19(14-23)16-34-11-4-12-34)22-8-7-21-9-10-25(33-26(21)15-22)20-5-2-1-3-6-20;1-15-12-20(16-6-3-2-4-7-16)29-21-13-18(10-11-19(15)21)22-23-24(26)27-14-28-31(23)25(30-22)17-8-5-9-17;24-22-21-20(29-23(15-4-3-5-15)30(21)27-13-26-22)16-8-7-14-9-10-18(28-19(14)12-16)17-6-1-2-11-25-17/h1-3,5-10,15,17-19,23H,4,11-14,16H2,(H2,30,31,32);2-4,6-7,10-14,17H,5,8-9H2,1H3,(H2,26,27,28);1-2,6-13,15H,3-5H2,(H2,24,26,27). The molecule has 0 unspecified atom stereocenters. The zero-order valence-electron chi connectivity index (χ0n) is 53.2. The first kappa shape index (κ1) is 58.4. The number of fused-ring (bicyclic) bond motifs is 6. The average molecular weight is 1260 g/mol. The van der Waals surface area contributed by atoms with E-state index in [1.807, 2.05) is 69.7 Å². The molecule has 4 fully saturated rings. The van der Waals surface area contributed by atoms with Crippen LogP contribution in [-0.2, 0) is 0 Å². The van der Waals surface area contributed by atoms with Gasteiger partial charge in [0.05, 0.1) is 44.7 Å². The second kappa shape index (κ2) is 24.5. The number of aromatic nitrogens is 15. The lowest BCUT2D eigenvalue weighted by Crippen LogP contribution is -2.43. The van der Waals surface area contributed by atoms with Crippen molar-refractivity contribution in [1.29, 1.82) is 0 Å². The van der Waals surface area contributed by atoms with E-state index < -0.39 is 0 Å². The van der Waals surface area contributed by atoms with Crippen molar-refractivity contribution >= 4 is 72.2 Å². The van der Waals surface area contributed by atoms with Gasteiger partial charge in [0.25, 0.3) is 0 Å². The van der Waals surface area contributed by atoms with Gasteiger partial charge in [-0.05, 0) is 131 Å². The van der Waals surface area contributed by atoms with Crippen LogP contribution in [0, 0.1) is 12.8 Å². The molecule has 3 aliphatic carbocycles. The Morgan fingerprint density at radius 2 is 1.01 bits per heavy atom. The predicted molar refractivity (Wildman–Crippen MR) is 379 cm³/mol. The summed E-state index contributed by atoms with van der Waals surface area (Å²) in [5.74, 6) is 5.01. The number of anilines is 3. The molecule has 15 aromatic rings. The van der Waals surface area contributed by atoms with Gasteiger partial charge >= 0.3 is 0 Å². The van der Waals surface area contributed by atoms with Gasteiger partial charge in [0.2, 0.25) is 0 Å². The molecule has 1 aliphatic heterocycles. The molecule has 19 heteroatoms. The van der Waals surface area contributed by atoms with Gasteiger partial charge in [-0.3, -0.25) is 4.98 Å². The lowest BCUT2D eigenvalue weighted by atomic mass is 9.79. The molecule has 1 saturated heterocycles. The molecule has 0 spiro atoms. The number of hydrogen-bond donors (Lipinski definition) is 3. The van der Waals surface area contributed by atoms with E-state index in [0.29, 0.717) is 35.3 Å². The van der Waals surface area contributed by atoms with Crippen LogP contribution in [0.4, 0.5) is 17.5 Å². The maximum absolute atomic E-state index is 6.41. The summed E-state index contributed by atoms with van der Waals surface area (Å²) in [6.07, 6.45) is 19.4. The van der Waals surface area contributed by atoms with Crippen LogP contribution in [0.1, 0.15) is 92.9 Å². The summed E-state index contributed by atoms with van der Waals surface area (Å²) in [4.78, 5) is 49.2. The highest BCUT2D eigenvalue weighted by Gasteiger charge is 2.35. The van der Waals surface area contributed by atoms with Crippen LogP contribution < -0.4 is 17.2 Å². The highest BCUT2D eigenvalue weighted by molar-refractivity contribution is 6.02. The van der Waals surface area contributed by atoms with Crippen LogP contribution in [0.15, 0.2) is 195 Å². The third-order valence-corrected chi connectivity index (χ3v) is 19.9. The molecular weight excluding hydrogens is 1190 g/mol. The molecule has 0 radical (unpaired) electrons. The zero-order chi connectivity index (χ0) is 64.4. The van der Waals surface area contributed by atoms with Gasteiger partial charge in [0.1, 0.15) is 64.5 Å². The van der Waals surface area contributed by atoms with Crippen molar-refractivity contribution in [2.24, 2.45) is 5.92 Å². The SMILES string of the molecule is Cc1cc(-c2ccccc2)nc2cc(-c3nc(C4CCC4)n4ncnc(N)c34)ccc12.Nc1ncnc2c1c(-c1ccc3ccc(-c4ccccc4)nc3c1)cn2C1CC(CN2CCC2)C1.Nc1ncnn2c(C3CCC3)nc(-c3ccc4ccc(-c5ccccn5)nc4c3)c12. The normalized spacial score (nSPS) is 16.4. The number of nitrogens with zero attached hydrogens (tertiary/aromatic N) is 16. The highest BCUT2D eigenvalue weighted by atomic mass is 15.3. The fraction of sp³-hybridized carbons (Fsp3) is 0.221. The first-order valence-corrected chi connectivity index (χ1v) is 33.3. The molecule has 3 saturated carbocycles. The van der Waals surface area contributed by atoms with Gasteiger partial charge in [-0.25, -0.2) is 53.9 Å². The van der Waals surface area contributed by atoms with Gasteiger partial charge in [0.15, 0.2) is 11.6 Å². The summed E-state index contributed by atoms with van der Waals surface area (Å²) in [7, 11) is 0. The Hall–Kier alpha value is -11.4. The van der Waals surface area contributed by atoms with Crippen LogP contribution >= 0.6 is 0 Å². The number of nitrogen functional groups attached to an aromatic ring is 3. The van der Waals surface area contributed by atoms with Crippen LogP contribution in [0.25, 0.3) is 122 Å². The Balaban J connectivity index is 0.000000109. The minimum atomic E-state index is 0.426. The van der Waals surface area contributed by atoms with E-state index in [9.17, 15) is 0 Å². The summed E-state index contributed by atoms with van der Waals surface area (Å²) in [6.45, 7) is 5.90. The summed E-state index contributed by atoms with van der Waals surface area (Å²) >= 11 is 0. The molecule has 19 nitrogen and oxygen atoms in total. The molecule has 96 heavy (non-hydrogen) atoms. The molecule has 472 valence electrons. The Morgan fingerprint density at radius 1 is 0.458 bits per heavy atom. The number of benzene rings is 5. The van der Waals surface area contributed by atoms with Gasteiger partial charge in [-0.2, -0.15) is 10.2 Å². The van der Waals surface area contributed by atoms with Crippen LogP contribution in [0.5, 0.6) is 0 Å². The summed E-state index contributed by atoms with van der Waals surface area (Å²) in [5.41, 5.74) is 37.0. The van der Waals surface area contributed by atoms with Gasteiger partial charge < -0.3 is 26.7 Å². The number of nitrogens with two attached hydrogens (primary N) is 3. The van der Waals surface area contributed by atoms with Crippen molar-refractivity contribution in [3.05, 3.63) is 212 Å². The van der Waals surface area contributed by atoms with Gasteiger partial charge in [0, 0.05) is 80.8 Å². The maximum Gasteiger partial charge on any atom is 0.153 e. The van der Waals surface area contributed by atoms with Crippen molar-refractivity contribution < 1.29 is 0 Å². The summed E-state index contributed by atoms with van der Waals surface area (Å²) in [6, 6.07) is 56.3. The molecule has 11 heterocycles. The molecule has 0 bridgehead atoms. The molecule has 0 atom stereocenters. The largest absolute Gasteiger partial charge is 0.383 e. The molecule has 6 N–H and O–H groups in total. The smallest absolute Gasteiger partial charge is 0.153 e. The van der Waals surface area contributed by atoms with Crippen LogP contribution in [0.3, 0.4) is 0 Å². The second-order valence-corrected chi connectivity index (χ2v) is 26.0. The van der Waals surface area contributed by atoms with Crippen LogP contribution in [0.2, 0.25) is 0 Å². The average Bonchev–Trinajstić information content (AvgIpc) is 1.60. The lowest BCUT2D eigenvalue weighted by Gasteiger charge is -2.42. The molecule has 10 aromatic heterocycles. The molecule has 4 aliphatic rings. The van der Waals surface area contributed by atoms with E-state index in [2.05, 4.69) is 161 Å². The first-order chi connectivity index (χ1) is 47.2. The van der Waals surface area contributed by atoms with E-state index in [4.69, 9.17) is 42.1 Å². The first-order valence-electron chi connectivity index (χ1n) is 33.3. The van der Waals surface area contributed by atoms with Crippen molar-refractivity contribution in [2.75, 3.05) is 36.8 Å². The number of hydrogen-bond acceptors (Lipinski definition) is 16. The third-order valence-electron chi connectivity index (χ3n) is 19.9. The van der Waals surface area contributed by atoms with E-state index in [0.717, 1.165) is 166 Å². The van der Waals surface area contributed by atoms with Crippen molar-refractivity contribution in [3.8, 4) is 67.5 Å². The van der Waals surface area contributed by atoms with Crippen molar-refractivity contribution in [1.82, 2.24) is 78.5 Å². The topological polar surface area (TPSA) is 250 Å². The molecule has 0 amide bonds. The highest BCUT2D eigenvalue weighted by Crippen LogP contribution is 2.45. The number of aryl methyl sites for hydroxylation is 1. The number of rotatable bonds is 11. The van der Waals surface area contributed by atoms with Crippen molar-refractivity contribution in [3.63, 3.8) is 0 Å². The molecule has 5 aromatic carbocycles. The van der Waals surface area contributed by atoms with Crippen LogP contribution in [-0.4, -0.2) is 98.2 Å². The van der Waals surface area contributed by atoms with E-state index in [-0.39, 0.29) is 0 Å². The minimum Gasteiger partial charge on any atom is -0.383 e. The maximum atomic E-state index is 6.41.